The van der Waals surface area contributed by atoms with Crippen molar-refractivity contribution in [2.24, 2.45) is 0 Å². The molecule has 0 radical (unpaired) electrons. The maximum Gasteiger partial charge on any atom is 0.234 e. The van der Waals surface area contributed by atoms with Gasteiger partial charge in [0.05, 0.1) is 35.5 Å². The molecule has 0 fully saturated rings. The van der Waals surface area contributed by atoms with Gasteiger partial charge < -0.3 is 20.1 Å². The van der Waals surface area contributed by atoms with Crippen LogP contribution in [0.1, 0.15) is 41.9 Å². The van der Waals surface area contributed by atoms with Gasteiger partial charge in [-0.2, -0.15) is 5.26 Å². The van der Waals surface area contributed by atoms with Crippen LogP contribution in [0.3, 0.4) is 0 Å². The molecular weight excluding hydrogens is 534 g/mol. The van der Waals surface area contributed by atoms with Crippen molar-refractivity contribution < 1.29 is 19.1 Å². The number of hydrogen-bond acceptors (Lipinski definition) is 7. The minimum Gasteiger partial charge on any atom is -0.493 e. The number of benzene rings is 3. The topological polar surface area (TPSA) is 100 Å². The number of nitrogens with zero attached hydrogens (tertiary/aromatic N) is 1. The molecule has 1 amide bonds. The Morgan fingerprint density at radius 3 is 2.59 bits per heavy atom. The number of ether oxygens (including phenoxy) is 2. The van der Waals surface area contributed by atoms with Crippen molar-refractivity contribution in [3.8, 4) is 17.6 Å². The number of methoxy groups -OCH3 is 1. The molecule has 0 unspecified atom stereocenters. The summed E-state index contributed by atoms with van der Waals surface area (Å²) in [6.07, 6.45) is 1.87. The summed E-state index contributed by atoms with van der Waals surface area (Å²) in [4.78, 5) is 25.9. The molecule has 3 aromatic rings. The fourth-order valence-electron chi connectivity index (χ4n) is 5.06. The lowest BCUT2D eigenvalue weighted by Gasteiger charge is -2.33. The fourth-order valence-corrected chi connectivity index (χ4v) is 5.92. The van der Waals surface area contributed by atoms with E-state index in [-0.39, 0.29) is 17.4 Å². The van der Waals surface area contributed by atoms with Crippen molar-refractivity contribution in [3.05, 3.63) is 111 Å². The lowest BCUT2D eigenvalue weighted by atomic mass is 9.77. The Kier molecular flexibility index (Phi) is 8.76. The zero-order valence-corrected chi connectivity index (χ0v) is 23.8. The average Bonchev–Trinajstić information content (AvgIpc) is 3.00. The number of dihydropyridines is 1. The minimum absolute atomic E-state index is 0.0287. The second-order valence-electron chi connectivity index (χ2n) is 9.97. The second-order valence-corrected chi connectivity index (χ2v) is 11.0. The highest BCUT2D eigenvalue weighted by molar-refractivity contribution is 8.03. The van der Waals surface area contributed by atoms with Crippen molar-refractivity contribution in [3.63, 3.8) is 0 Å². The average molecular weight is 566 g/mol. The number of ketones is 1. The van der Waals surface area contributed by atoms with E-state index in [1.807, 2.05) is 79.7 Å². The van der Waals surface area contributed by atoms with Crippen LogP contribution in [-0.4, -0.2) is 24.6 Å². The van der Waals surface area contributed by atoms with E-state index in [0.717, 1.165) is 34.5 Å². The van der Waals surface area contributed by atoms with Crippen molar-refractivity contribution >= 4 is 29.1 Å². The maximum absolute atomic E-state index is 13.2. The quantitative estimate of drug-likeness (QED) is 0.310. The zero-order chi connectivity index (χ0) is 28.8. The molecule has 0 saturated heterocycles. The summed E-state index contributed by atoms with van der Waals surface area (Å²) in [7, 11) is 1.57. The first-order valence-electron chi connectivity index (χ1n) is 13.5. The summed E-state index contributed by atoms with van der Waals surface area (Å²) < 4.78 is 11.7. The molecule has 3 aromatic carbocycles. The standard InChI is InChI=1S/C33H31N3O4S/c1-21-11-14-24(15-12-21)35-30(38)20-41-33-25(18-34)31(32-26(36-33)9-6-10-27(32)37)23-13-16-28(29(17-23)39-2)40-19-22-7-4-3-5-8-22/h3-5,7-8,11-17,31,36H,6,9-10,19-20H2,1-2H3,(H,35,38)/t31-/m1/s1. The monoisotopic (exact) mass is 565 g/mol. The van der Waals surface area contributed by atoms with E-state index in [1.165, 1.54) is 11.8 Å². The highest BCUT2D eigenvalue weighted by Gasteiger charge is 2.37. The summed E-state index contributed by atoms with van der Waals surface area (Å²) in [5.41, 5.74) is 5.45. The molecule has 8 heteroatoms. The van der Waals surface area contributed by atoms with Crippen LogP contribution in [0.15, 0.2) is 94.7 Å². The Bertz CT molecular complexity index is 1560. The number of aryl methyl sites for hydroxylation is 1. The Morgan fingerprint density at radius 2 is 1.85 bits per heavy atom. The van der Waals surface area contributed by atoms with Crippen LogP contribution in [0.25, 0.3) is 0 Å². The lowest BCUT2D eigenvalue weighted by Crippen LogP contribution is -2.31. The van der Waals surface area contributed by atoms with Gasteiger partial charge in [0.15, 0.2) is 17.3 Å². The van der Waals surface area contributed by atoms with Crippen molar-refractivity contribution in [1.29, 1.82) is 5.26 Å². The van der Waals surface area contributed by atoms with Gasteiger partial charge in [-0.05, 0) is 55.2 Å². The number of amides is 1. The second kappa shape index (κ2) is 12.8. The van der Waals surface area contributed by atoms with Crippen molar-refractivity contribution in [1.82, 2.24) is 5.32 Å². The van der Waals surface area contributed by atoms with E-state index in [1.54, 1.807) is 7.11 Å². The van der Waals surface area contributed by atoms with Crippen LogP contribution in [0.5, 0.6) is 11.5 Å². The summed E-state index contributed by atoms with van der Waals surface area (Å²) in [5, 5.41) is 17.2. The fraction of sp³-hybridized carbons (Fsp3) is 0.242. The van der Waals surface area contributed by atoms with Crippen LogP contribution >= 0.6 is 11.8 Å². The molecule has 5 rings (SSSR count). The Balaban J connectivity index is 1.42. The number of Topliss-reactive ketones (excluding diaryl/α,β-unsaturated/α-hetero) is 1. The van der Waals surface area contributed by atoms with Crippen molar-refractivity contribution in [2.75, 3.05) is 18.2 Å². The summed E-state index contributed by atoms with van der Waals surface area (Å²) in [6.45, 7) is 2.37. The maximum atomic E-state index is 13.2. The molecule has 208 valence electrons. The highest BCUT2D eigenvalue weighted by Crippen LogP contribution is 2.45. The first-order chi connectivity index (χ1) is 20.0. The van der Waals surface area contributed by atoms with Crippen LogP contribution in [0.4, 0.5) is 5.69 Å². The predicted octanol–water partition coefficient (Wildman–Crippen LogP) is 6.38. The third-order valence-electron chi connectivity index (χ3n) is 7.10. The molecule has 41 heavy (non-hydrogen) atoms. The van der Waals surface area contributed by atoms with E-state index in [4.69, 9.17) is 9.47 Å². The van der Waals surface area contributed by atoms with Crippen LogP contribution < -0.4 is 20.1 Å². The first-order valence-corrected chi connectivity index (χ1v) is 14.5. The van der Waals surface area contributed by atoms with Gasteiger partial charge in [-0.3, -0.25) is 9.59 Å². The molecule has 1 heterocycles. The Labute approximate surface area is 244 Å². The Hall–Kier alpha value is -4.48. The number of nitrogens with one attached hydrogen (secondary N) is 2. The van der Waals surface area contributed by atoms with E-state index in [0.29, 0.717) is 47.1 Å². The summed E-state index contributed by atoms with van der Waals surface area (Å²) in [6, 6.07) is 25.3. The van der Waals surface area contributed by atoms with E-state index in [9.17, 15) is 14.9 Å². The number of thioether (sulfide) groups is 1. The smallest absolute Gasteiger partial charge is 0.234 e. The van der Waals surface area contributed by atoms with Gasteiger partial charge in [0.1, 0.15) is 6.61 Å². The molecule has 2 N–H and O–H groups in total. The van der Waals surface area contributed by atoms with E-state index < -0.39 is 5.92 Å². The molecular formula is C33H31N3O4S. The van der Waals surface area contributed by atoms with Gasteiger partial charge in [-0.15, -0.1) is 0 Å². The van der Waals surface area contributed by atoms with Gasteiger partial charge in [0, 0.05) is 23.4 Å². The summed E-state index contributed by atoms with van der Waals surface area (Å²) >= 11 is 1.27. The minimum atomic E-state index is -0.566. The molecule has 0 bridgehead atoms. The van der Waals surface area contributed by atoms with Gasteiger partial charge in [-0.1, -0.05) is 65.9 Å². The SMILES string of the molecule is COc1cc([C@@H]2C(C#N)=C(SCC(=O)Nc3ccc(C)cc3)NC3=C2C(=O)CCC3)ccc1OCc1ccccc1. The molecule has 1 aliphatic carbocycles. The number of nitriles is 1. The molecule has 0 saturated carbocycles. The van der Waals surface area contributed by atoms with Gasteiger partial charge in [-0.25, -0.2) is 0 Å². The van der Waals surface area contributed by atoms with Gasteiger partial charge in [0.25, 0.3) is 0 Å². The normalized spacial score (nSPS) is 16.4. The van der Waals surface area contributed by atoms with Gasteiger partial charge in [0.2, 0.25) is 5.91 Å². The molecule has 1 atom stereocenters. The first kappa shape index (κ1) is 28.1. The third kappa shape index (κ3) is 6.47. The number of carbonyl (C=O) groups excluding carboxylic acids is 2. The van der Waals surface area contributed by atoms with E-state index >= 15 is 0 Å². The summed E-state index contributed by atoms with van der Waals surface area (Å²) in [5.74, 6) is 0.489. The van der Waals surface area contributed by atoms with E-state index in [2.05, 4.69) is 16.7 Å². The molecule has 1 aliphatic heterocycles. The highest BCUT2D eigenvalue weighted by atomic mass is 32.2. The Morgan fingerprint density at radius 1 is 1.07 bits per heavy atom. The van der Waals surface area contributed by atoms with Crippen LogP contribution in [0, 0.1) is 18.3 Å². The number of allylic oxidation sites excluding steroid dienone is 3. The number of anilines is 1. The zero-order valence-electron chi connectivity index (χ0n) is 23.0. The number of rotatable bonds is 9. The van der Waals surface area contributed by atoms with Gasteiger partial charge >= 0.3 is 0 Å². The van der Waals surface area contributed by atoms with Crippen molar-refractivity contribution in [2.45, 2.75) is 38.7 Å². The number of hydrogen-bond donors (Lipinski definition) is 2. The molecule has 0 spiro atoms. The van der Waals surface area contributed by atoms with Crippen LogP contribution in [0.2, 0.25) is 0 Å². The molecule has 2 aliphatic rings. The molecule has 7 nitrogen and oxygen atoms in total. The largest absolute Gasteiger partial charge is 0.493 e. The third-order valence-corrected chi connectivity index (χ3v) is 8.12. The van der Waals surface area contributed by atoms with Crippen LogP contribution in [-0.2, 0) is 16.2 Å². The molecule has 0 aromatic heterocycles. The lowest BCUT2D eigenvalue weighted by molar-refractivity contribution is -0.116. The number of carbonyl (C=O) groups is 2. The predicted molar refractivity (Wildman–Crippen MR) is 160 cm³/mol.